The fourth-order valence-electron chi connectivity index (χ4n) is 5.11. The van der Waals surface area contributed by atoms with Gasteiger partial charge in [-0.25, -0.2) is 0 Å². The van der Waals surface area contributed by atoms with Crippen LogP contribution in [-0.4, -0.2) is 60.1 Å². The molecule has 0 spiro atoms. The molecule has 9 heteroatoms. The monoisotopic (exact) mass is 568 g/mol. The molecule has 4 aromatic rings. The SMILES string of the molecule is OC(Cc1ccc(-c2ccc(-c3ccc(Cl)cc3)n2-c2ccccc2C(F)(F)F)cc1)NCCN1CCNCC1. The number of alkyl halides is 3. The van der Waals surface area contributed by atoms with Crippen molar-refractivity contribution in [3.05, 3.63) is 101 Å². The first-order chi connectivity index (χ1) is 19.3. The zero-order chi connectivity index (χ0) is 28.1. The molecule has 2 heterocycles. The van der Waals surface area contributed by atoms with Crippen molar-refractivity contribution in [2.75, 3.05) is 39.3 Å². The van der Waals surface area contributed by atoms with E-state index in [1.165, 1.54) is 12.1 Å². The number of para-hydroxylation sites is 1. The molecule has 3 N–H and O–H groups in total. The second-order valence-electron chi connectivity index (χ2n) is 9.92. The Morgan fingerprint density at radius 1 is 0.850 bits per heavy atom. The maximum Gasteiger partial charge on any atom is 0.418 e. The number of rotatable bonds is 9. The molecule has 3 aromatic carbocycles. The second kappa shape index (κ2) is 12.6. The summed E-state index contributed by atoms with van der Waals surface area (Å²) in [5, 5.41) is 17.6. The Bertz CT molecular complexity index is 1400. The van der Waals surface area contributed by atoms with Crippen molar-refractivity contribution in [2.24, 2.45) is 0 Å². The predicted molar refractivity (Wildman–Crippen MR) is 154 cm³/mol. The number of aliphatic hydroxyl groups is 1. The topological polar surface area (TPSA) is 52.5 Å². The van der Waals surface area contributed by atoms with Crippen LogP contribution in [0.25, 0.3) is 28.2 Å². The fraction of sp³-hybridized carbons (Fsp3) is 0.290. The molecule has 0 amide bonds. The van der Waals surface area contributed by atoms with Crippen molar-refractivity contribution < 1.29 is 18.3 Å². The third-order valence-corrected chi connectivity index (χ3v) is 7.42. The fourth-order valence-corrected chi connectivity index (χ4v) is 5.23. The molecule has 1 aromatic heterocycles. The largest absolute Gasteiger partial charge is 0.418 e. The summed E-state index contributed by atoms with van der Waals surface area (Å²) in [5.74, 6) is 0. The summed E-state index contributed by atoms with van der Waals surface area (Å²) in [6, 6.07) is 23.9. The first-order valence-corrected chi connectivity index (χ1v) is 13.8. The van der Waals surface area contributed by atoms with Gasteiger partial charge in [-0.3, -0.25) is 10.2 Å². The lowest BCUT2D eigenvalue weighted by Crippen LogP contribution is -2.46. The summed E-state index contributed by atoms with van der Waals surface area (Å²) in [7, 11) is 0. The van der Waals surface area contributed by atoms with E-state index >= 15 is 0 Å². The number of nitrogens with one attached hydrogen (secondary N) is 2. The van der Waals surface area contributed by atoms with E-state index in [0.717, 1.165) is 55.5 Å². The number of nitrogens with zero attached hydrogens (tertiary/aromatic N) is 2. The van der Waals surface area contributed by atoms with Crippen molar-refractivity contribution in [3.63, 3.8) is 0 Å². The van der Waals surface area contributed by atoms with E-state index in [1.54, 1.807) is 34.9 Å². The molecule has 210 valence electrons. The van der Waals surface area contributed by atoms with E-state index in [0.29, 0.717) is 29.4 Å². The lowest BCUT2D eigenvalue weighted by atomic mass is 10.1. The van der Waals surface area contributed by atoms with Crippen molar-refractivity contribution in [1.29, 1.82) is 0 Å². The van der Waals surface area contributed by atoms with Crippen LogP contribution in [0.3, 0.4) is 0 Å². The minimum atomic E-state index is -4.52. The van der Waals surface area contributed by atoms with Crippen LogP contribution in [0.4, 0.5) is 13.2 Å². The molecule has 5 nitrogen and oxygen atoms in total. The molecule has 0 aliphatic carbocycles. The highest BCUT2D eigenvalue weighted by Gasteiger charge is 2.34. The molecule has 0 radical (unpaired) electrons. The maximum atomic E-state index is 14.1. The highest BCUT2D eigenvalue weighted by Crippen LogP contribution is 2.39. The van der Waals surface area contributed by atoms with Crippen LogP contribution in [0.2, 0.25) is 5.02 Å². The van der Waals surface area contributed by atoms with Gasteiger partial charge in [0.15, 0.2) is 0 Å². The average molecular weight is 569 g/mol. The molecular weight excluding hydrogens is 537 g/mol. The summed E-state index contributed by atoms with van der Waals surface area (Å²) in [5.41, 5.74) is 3.03. The van der Waals surface area contributed by atoms with E-state index in [2.05, 4.69) is 15.5 Å². The standard InChI is InChI=1S/C31H32ClF3N4O/c32-25-11-9-24(10-12-25)28-14-13-27(39(28)29-4-2-1-3-26(29)31(33,34)35)23-7-5-22(6-8-23)21-30(40)37-17-20-38-18-15-36-16-19-38/h1-14,30,36-37,40H,15-21H2. The Morgan fingerprint density at radius 2 is 1.45 bits per heavy atom. The molecule has 0 saturated carbocycles. The van der Waals surface area contributed by atoms with Gasteiger partial charge in [0.1, 0.15) is 6.23 Å². The Kier molecular flexibility index (Phi) is 8.93. The number of hydrogen-bond acceptors (Lipinski definition) is 4. The Labute approximate surface area is 237 Å². The summed E-state index contributed by atoms with van der Waals surface area (Å²) in [4.78, 5) is 2.36. The summed E-state index contributed by atoms with van der Waals surface area (Å²) < 4.78 is 43.8. The third-order valence-electron chi connectivity index (χ3n) is 7.17. The molecule has 1 aliphatic heterocycles. The number of aliphatic hydroxyl groups excluding tert-OH is 1. The molecule has 1 fully saturated rings. The van der Waals surface area contributed by atoms with Gasteiger partial charge >= 0.3 is 6.18 Å². The molecular formula is C31H32ClF3N4O. The molecule has 1 aliphatic rings. The Hall–Kier alpha value is -3.14. The first-order valence-electron chi connectivity index (χ1n) is 13.4. The lowest BCUT2D eigenvalue weighted by molar-refractivity contribution is -0.137. The first kappa shape index (κ1) is 28.4. The van der Waals surface area contributed by atoms with Crippen LogP contribution in [0, 0.1) is 0 Å². The third kappa shape index (κ3) is 6.77. The number of benzene rings is 3. The van der Waals surface area contributed by atoms with Crippen molar-refractivity contribution in [3.8, 4) is 28.2 Å². The lowest BCUT2D eigenvalue weighted by Gasteiger charge is -2.27. The second-order valence-corrected chi connectivity index (χ2v) is 10.4. The van der Waals surface area contributed by atoms with Crippen LogP contribution >= 0.6 is 11.6 Å². The molecule has 5 rings (SSSR count). The zero-order valence-electron chi connectivity index (χ0n) is 22.0. The van der Waals surface area contributed by atoms with E-state index in [1.807, 2.05) is 36.4 Å². The van der Waals surface area contributed by atoms with E-state index < -0.39 is 18.0 Å². The minimum Gasteiger partial charge on any atom is -0.378 e. The number of piperazine rings is 1. The normalized spacial score (nSPS) is 15.3. The van der Waals surface area contributed by atoms with E-state index in [-0.39, 0.29) is 5.69 Å². The minimum absolute atomic E-state index is 0.0492. The van der Waals surface area contributed by atoms with Crippen molar-refractivity contribution in [2.45, 2.75) is 18.8 Å². The van der Waals surface area contributed by atoms with E-state index in [4.69, 9.17) is 11.6 Å². The van der Waals surface area contributed by atoms with Gasteiger partial charge in [0.25, 0.3) is 0 Å². The van der Waals surface area contributed by atoms with Gasteiger partial charge in [-0.15, -0.1) is 0 Å². The average Bonchev–Trinajstić information content (AvgIpc) is 3.39. The smallest absolute Gasteiger partial charge is 0.378 e. The van der Waals surface area contributed by atoms with Gasteiger partial charge in [0, 0.05) is 50.7 Å². The molecule has 1 unspecified atom stereocenters. The summed E-state index contributed by atoms with van der Waals surface area (Å²) in [6.45, 7) is 5.56. The van der Waals surface area contributed by atoms with Crippen molar-refractivity contribution in [1.82, 2.24) is 20.1 Å². The molecule has 0 bridgehead atoms. The van der Waals surface area contributed by atoms with Gasteiger partial charge in [0.2, 0.25) is 0 Å². The zero-order valence-corrected chi connectivity index (χ0v) is 22.7. The molecule has 40 heavy (non-hydrogen) atoms. The van der Waals surface area contributed by atoms with E-state index in [9.17, 15) is 18.3 Å². The van der Waals surface area contributed by atoms with Gasteiger partial charge < -0.3 is 15.0 Å². The van der Waals surface area contributed by atoms with Crippen LogP contribution in [-0.2, 0) is 12.6 Å². The number of aromatic nitrogens is 1. The van der Waals surface area contributed by atoms with Crippen molar-refractivity contribution >= 4 is 11.6 Å². The predicted octanol–water partition coefficient (Wildman–Crippen LogP) is 5.84. The van der Waals surface area contributed by atoms with Gasteiger partial charge in [-0.2, -0.15) is 13.2 Å². The van der Waals surface area contributed by atoms with Crippen LogP contribution < -0.4 is 10.6 Å². The van der Waals surface area contributed by atoms with Crippen LogP contribution in [0.5, 0.6) is 0 Å². The highest BCUT2D eigenvalue weighted by molar-refractivity contribution is 6.30. The summed E-state index contributed by atoms with van der Waals surface area (Å²) in [6.07, 6.45) is -4.78. The quantitative estimate of drug-likeness (QED) is 0.222. The highest BCUT2D eigenvalue weighted by atomic mass is 35.5. The van der Waals surface area contributed by atoms with Gasteiger partial charge in [0.05, 0.1) is 22.6 Å². The molecule has 1 saturated heterocycles. The number of hydrogen-bond donors (Lipinski definition) is 3. The maximum absolute atomic E-state index is 14.1. The van der Waals surface area contributed by atoms with Crippen LogP contribution in [0.15, 0.2) is 84.9 Å². The van der Waals surface area contributed by atoms with Crippen LogP contribution in [0.1, 0.15) is 11.1 Å². The van der Waals surface area contributed by atoms with Gasteiger partial charge in [-0.1, -0.05) is 60.1 Å². The Balaban J connectivity index is 1.39. The number of halogens is 4. The van der Waals surface area contributed by atoms with Gasteiger partial charge in [-0.05, 0) is 53.1 Å². The molecule has 1 atom stereocenters. The summed E-state index contributed by atoms with van der Waals surface area (Å²) >= 11 is 6.07. The Morgan fingerprint density at radius 3 is 2.08 bits per heavy atom.